The lowest BCUT2D eigenvalue weighted by atomic mass is 10.5. The minimum absolute atomic E-state index is 0.0504. The molecule has 12 heavy (non-hydrogen) atoms. The van der Waals surface area contributed by atoms with Gasteiger partial charge in [0.2, 0.25) is 0 Å². The molecule has 0 amide bonds. The van der Waals surface area contributed by atoms with Gasteiger partial charge in [0.1, 0.15) is 0 Å². The number of rotatable bonds is 3. The van der Waals surface area contributed by atoms with Gasteiger partial charge in [-0.25, -0.2) is 4.79 Å². The van der Waals surface area contributed by atoms with Crippen molar-refractivity contribution in [3.05, 3.63) is 11.8 Å². The van der Waals surface area contributed by atoms with Crippen molar-refractivity contribution < 1.29 is 9.53 Å². The molecule has 70 valence electrons. The van der Waals surface area contributed by atoms with E-state index in [1.807, 2.05) is 13.8 Å². The van der Waals surface area contributed by atoms with Gasteiger partial charge in [0.15, 0.2) is 0 Å². The van der Waals surface area contributed by atoms with Gasteiger partial charge in [-0.1, -0.05) is 26.2 Å². The average molecular weight is 186 g/mol. The normalized spacial score (nSPS) is 11.5. The maximum absolute atomic E-state index is 11.3. The summed E-state index contributed by atoms with van der Waals surface area (Å²) in [6.45, 7) is 13.7. The van der Waals surface area contributed by atoms with Gasteiger partial charge in [-0.2, -0.15) is 0 Å². The summed E-state index contributed by atoms with van der Waals surface area (Å²) in [5.41, 5.74) is 0. The highest BCUT2D eigenvalue weighted by Crippen LogP contribution is 2.14. The molecule has 0 heterocycles. The summed E-state index contributed by atoms with van der Waals surface area (Å²) in [4.78, 5) is 11.3. The van der Waals surface area contributed by atoms with Crippen molar-refractivity contribution in [2.45, 2.75) is 39.6 Å². The SMILES string of the molecule is C=C(C(=O)OC(C)C)[Si](C)(C)C. The monoisotopic (exact) mass is 186 g/mol. The first-order valence-electron chi connectivity index (χ1n) is 4.15. The fourth-order valence-corrected chi connectivity index (χ4v) is 1.26. The van der Waals surface area contributed by atoms with Crippen molar-refractivity contribution in [2.24, 2.45) is 0 Å². The number of hydrogen-bond donors (Lipinski definition) is 0. The zero-order valence-electron chi connectivity index (χ0n) is 8.60. The van der Waals surface area contributed by atoms with Crippen molar-refractivity contribution >= 4 is 14.0 Å². The third-order valence-corrected chi connectivity index (χ3v) is 3.51. The fraction of sp³-hybridized carbons (Fsp3) is 0.667. The molecule has 0 aliphatic rings. The van der Waals surface area contributed by atoms with E-state index in [4.69, 9.17) is 4.74 Å². The molecule has 0 N–H and O–H groups in total. The fourth-order valence-electron chi connectivity index (χ4n) is 0.591. The molecule has 0 aromatic heterocycles. The zero-order chi connectivity index (χ0) is 9.94. The summed E-state index contributed by atoms with van der Waals surface area (Å²) in [5, 5.41) is 0.663. The summed E-state index contributed by atoms with van der Waals surface area (Å²) >= 11 is 0. The molecule has 0 aromatic carbocycles. The van der Waals surface area contributed by atoms with Gasteiger partial charge in [0.25, 0.3) is 0 Å². The number of esters is 1. The average Bonchev–Trinajstić information content (AvgIpc) is 1.82. The number of carbonyl (C=O) groups excluding carboxylic acids is 1. The Kier molecular flexibility index (Phi) is 3.71. The van der Waals surface area contributed by atoms with Crippen molar-refractivity contribution in [3.63, 3.8) is 0 Å². The molecule has 0 bridgehead atoms. The van der Waals surface area contributed by atoms with Gasteiger partial charge in [0, 0.05) is 5.20 Å². The molecule has 0 unspecified atom stereocenters. The Morgan fingerprint density at radius 2 is 1.75 bits per heavy atom. The van der Waals surface area contributed by atoms with Crippen LogP contribution in [0.4, 0.5) is 0 Å². The molecule has 0 rings (SSSR count). The maximum atomic E-state index is 11.3. The predicted octanol–water partition coefficient (Wildman–Crippen LogP) is 2.37. The Morgan fingerprint density at radius 1 is 1.33 bits per heavy atom. The first kappa shape index (κ1) is 11.4. The molecule has 0 saturated heterocycles. The second-order valence-electron chi connectivity index (χ2n) is 4.18. The van der Waals surface area contributed by atoms with Gasteiger partial charge in [0.05, 0.1) is 14.2 Å². The zero-order valence-corrected chi connectivity index (χ0v) is 9.60. The second kappa shape index (κ2) is 3.89. The highest BCUT2D eigenvalue weighted by Gasteiger charge is 2.25. The van der Waals surface area contributed by atoms with Gasteiger partial charge >= 0.3 is 5.97 Å². The maximum Gasteiger partial charge on any atom is 0.329 e. The lowest BCUT2D eigenvalue weighted by molar-refractivity contribution is -0.141. The molecule has 0 saturated carbocycles. The lowest BCUT2D eigenvalue weighted by Crippen LogP contribution is -2.31. The van der Waals surface area contributed by atoms with Crippen LogP contribution in [0.25, 0.3) is 0 Å². The molecule has 0 radical (unpaired) electrons. The first-order chi connectivity index (χ1) is 5.25. The van der Waals surface area contributed by atoms with Crippen LogP contribution in [0.1, 0.15) is 13.8 Å². The van der Waals surface area contributed by atoms with E-state index < -0.39 is 8.07 Å². The quantitative estimate of drug-likeness (QED) is 0.384. The van der Waals surface area contributed by atoms with Crippen LogP contribution in [0.2, 0.25) is 19.6 Å². The van der Waals surface area contributed by atoms with Gasteiger partial charge < -0.3 is 4.74 Å². The highest BCUT2D eigenvalue weighted by atomic mass is 28.3. The van der Waals surface area contributed by atoms with Crippen LogP contribution in [0.3, 0.4) is 0 Å². The highest BCUT2D eigenvalue weighted by molar-refractivity contribution is 6.86. The molecule has 0 aromatic rings. The Bertz CT molecular complexity index is 189. The van der Waals surface area contributed by atoms with E-state index in [-0.39, 0.29) is 12.1 Å². The summed E-state index contributed by atoms with van der Waals surface area (Å²) in [5.74, 6) is -0.232. The van der Waals surface area contributed by atoms with Crippen LogP contribution in [0.5, 0.6) is 0 Å². The molecule has 0 fully saturated rings. The van der Waals surface area contributed by atoms with E-state index in [1.165, 1.54) is 0 Å². The van der Waals surface area contributed by atoms with E-state index in [0.717, 1.165) is 0 Å². The summed E-state index contributed by atoms with van der Waals surface area (Å²) < 4.78 is 5.03. The van der Waals surface area contributed by atoms with Crippen molar-refractivity contribution in [2.75, 3.05) is 0 Å². The molecule has 0 aliphatic heterocycles. The van der Waals surface area contributed by atoms with E-state index in [9.17, 15) is 4.79 Å². The number of hydrogen-bond acceptors (Lipinski definition) is 2. The Balaban J connectivity index is 4.22. The minimum atomic E-state index is -1.56. The van der Waals surface area contributed by atoms with Gasteiger partial charge in [-0.05, 0) is 13.8 Å². The van der Waals surface area contributed by atoms with Crippen LogP contribution in [-0.4, -0.2) is 20.1 Å². The third kappa shape index (κ3) is 3.71. The largest absolute Gasteiger partial charge is 0.460 e. The summed E-state index contributed by atoms with van der Waals surface area (Å²) in [6.07, 6.45) is -0.0504. The molecule has 0 atom stereocenters. The third-order valence-electron chi connectivity index (χ3n) is 1.49. The first-order valence-corrected chi connectivity index (χ1v) is 7.65. The van der Waals surface area contributed by atoms with E-state index >= 15 is 0 Å². The molecular weight excluding hydrogens is 168 g/mol. The molecule has 2 nitrogen and oxygen atoms in total. The second-order valence-corrected chi connectivity index (χ2v) is 9.29. The van der Waals surface area contributed by atoms with Crippen LogP contribution in [-0.2, 0) is 9.53 Å². The topological polar surface area (TPSA) is 26.3 Å². The van der Waals surface area contributed by atoms with Crippen LogP contribution in [0.15, 0.2) is 11.8 Å². The molecule has 3 heteroatoms. The van der Waals surface area contributed by atoms with Gasteiger partial charge in [-0.15, -0.1) is 0 Å². The lowest BCUT2D eigenvalue weighted by Gasteiger charge is -2.19. The standard InChI is InChI=1S/C9H18O2Si/c1-7(2)11-9(10)8(3)12(4,5)6/h7H,3H2,1-2,4-6H3. The minimum Gasteiger partial charge on any atom is -0.460 e. The van der Waals surface area contributed by atoms with E-state index in [1.54, 1.807) is 0 Å². The van der Waals surface area contributed by atoms with E-state index in [0.29, 0.717) is 5.20 Å². The van der Waals surface area contributed by atoms with Crippen molar-refractivity contribution in [1.82, 2.24) is 0 Å². The van der Waals surface area contributed by atoms with Gasteiger partial charge in [-0.3, -0.25) is 0 Å². The van der Waals surface area contributed by atoms with Crippen LogP contribution in [0, 0.1) is 0 Å². The Morgan fingerprint density at radius 3 is 2.00 bits per heavy atom. The molecule has 0 spiro atoms. The summed E-state index contributed by atoms with van der Waals surface area (Å²) in [6, 6.07) is 0. The predicted molar refractivity (Wildman–Crippen MR) is 53.7 cm³/mol. The Labute approximate surface area is 75.6 Å². The summed E-state index contributed by atoms with van der Waals surface area (Å²) in [7, 11) is -1.56. The Hall–Kier alpha value is -0.573. The van der Waals surface area contributed by atoms with Crippen LogP contribution < -0.4 is 0 Å². The number of carbonyl (C=O) groups is 1. The molecular formula is C9H18O2Si. The van der Waals surface area contributed by atoms with Crippen molar-refractivity contribution in [1.29, 1.82) is 0 Å². The van der Waals surface area contributed by atoms with Crippen molar-refractivity contribution in [3.8, 4) is 0 Å². The molecule has 0 aliphatic carbocycles. The van der Waals surface area contributed by atoms with E-state index in [2.05, 4.69) is 26.2 Å². The van der Waals surface area contributed by atoms with Crippen LogP contribution >= 0.6 is 0 Å². The number of ether oxygens (including phenoxy) is 1. The smallest absolute Gasteiger partial charge is 0.329 e.